The lowest BCUT2D eigenvalue weighted by atomic mass is 10.3. The molecule has 1 atom stereocenters. The highest BCUT2D eigenvalue weighted by Gasteiger charge is 2.14. The van der Waals surface area contributed by atoms with Crippen molar-refractivity contribution in [2.24, 2.45) is 5.73 Å². The molecule has 1 aromatic carbocycles. The van der Waals surface area contributed by atoms with Gasteiger partial charge in [0.25, 0.3) is 0 Å². The number of aromatic nitrogens is 3. The number of rotatable bonds is 4. The third-order valence-electron chi connectivity index (χ3n) is 2.12. The number of nitrogens with two attached hydrogens (primary N) is 1. The maximum absolute atomic E-state index is 11.3. The number of hydrogen-bond acceptors (Lipinski definition) is 7. The quantitative estimate of drug-likeness (QED) is 0.460. The van der Waals surface area contributed by atoms with Gasteiger partial charge in [-0.25, -0.2) is 4.79 Å². The topological polar surface area (TPSA) is 92.3 Å². The smallest absolute Gasteiger partial charge is 0.361 e. The lowest BCUT2D eigenvalue weighted by molar-refractivity contribution is -0.144. The van der Waals surface area contributed by atoms with Crippen LogP contribution < -0.4 is 15.3 Å². The summed E-state index contributed by atoms with van der Waals surface area (Å²) in [6.45, 7) is 2.44. The lowest BCUT2D eigenvalue weighted by Crippen LogP contribution is -2.33. The van der Waals surface area contributed by atoms with Gasteiger partial charge in [0, 0.05) is 6.07 Å². The van der Waals surface area contributed by atoms with Crippen molar-refractivity contribution in [3.05, 3.63) is 18.2 Å². The van der Waals surface area contributed by atoms with Gasteiger partial charge in [-0.3, -0.25) is 0 Å². The van der Waals surface area contributed by atoms with E-state index in [1.807, 2.05) is 6.92 Å². The van der Waals surface area contributed by atoms with Crippen LogP contribution in [0.25, 0.3) is 11.0 Å². The summed E-state index contributed by atoms with van der Waals surface area (Å²) in [4.78, 5) is 17.2. The summed E-state index contributed by atoms with van der Waals surface area (Å²) in [5.41, 5.74) is 6.37. The molecule has 0 aliphatic carbocycles. The van der Waals surface area contributed by atoms with E-state index < -0.39 is 11.3 Å². The van der Waals surface area contributed by atoms with E-state index in [1.165, 1.54) is 0 Å². The molecule has 0 radical (unpaired) electrons. The van der Waals surface area contributed by atoms with E-state index in [0.717, 1.165) is 4.85 Å². The van der Waals surface area contributed by atoms with Crippen LogP contribution in [0, 0.1) is 0 Å². The second-order valence-electron chi connectivity index (χ2n) is 3.40. The van der Waals surface area contributed by atoms with E-state index >= 15 is 0 Å². The minimum Gasteiger partial charge on any atom is -0.494 e. The summed E-state index contributed by atoms with van der Waals surface area (Å²) in [6, 6.07) is 5.13. The zero-order valence-electron chi connectivity index (χ0n) is 9.61. The van der Waals surface area contributed by atoms with Gasteiger partial charge in [-0.15, -0.1) is 17.7 Å². The maximum atomic E-state index is 11.3. The predicted octanol–water partition coefficient (Wildman–Crippen LogP) is -0.000200. The van der Waals surface area contributed by atoms with Crippen LogP contribution in [0.1, 0.15) is 6.92 Å². The summed E-state index contributed by atoms with van der Waals surface area (Å²) in [5.74, 6) is -0.0340. The molecule has 0 spiro atoms. The monoisotopic (exact) mass is 268 g/mol. The van der Waals surface area contributed by atoms with Crippen LogP contribution in [0.2, 0.25) is 0 Å². The molecule has 1 heterocycles. The number of ether oxygens (including phenoxy) is 1. The molecular weight excluding hydrogens is 256 g/mol. The van der Waals surface area contributed by atoms with Gasteiger partial charge < -0.3 is 15.3 Å². The second-order valence-corrected chi connectivity index (χ2v) is 3.96. The molecule has 0 amide bonds. The number of carbonyl (C=O) groups excluding carboxylic acids is 1. The van der Waals surface area contributed by atoms with Crippen molar-refractivity contribution in [2.45, 2.75) is 12.3 Å². The van der Waals surface area contributed by atoms with E-state index in [1.54, 1.807) is 18.2 Å². The molecule has 18 heavy (non-hydrogen) atoms. The van der Waals surface area contributed by atoms with Crippen molar-refractivity contribution in [1.82, 2.24) is 15.2 Å². The van der Waals surface area contributed by atoms with Crippen LogP contribution in [0.3, 0.4) is 0 Å². The van der Waals surface area contributed by atoms with Crippen molar-refractivity contribution in [2.75, 3.05) is 6.61 Å². The summed E-state index contributed by atoms with van der Waals surface area (Å²) in [6.07, 6.45) is 0. The van der Waals surface area contributed by atoms with Crippen molar-refractivity contribution in [1.29, 1.82) is 0 Å². The zero-order valence-corrected chi connectivity index (χ0v) is 10.5. The van der Waals surface area contributed by atoms with Crippen molar-refractivity contribution in [3.8, 4) is 5.75 Å². The summed E-state index contributed by atoms with van der Waals surface area (Å²) < 4.78 is 5.33. The molecule has 0 saturated carbocycles. The molecule has 0 aliphatic rings. The van der Waals surface area contributed by atoms with Gasteiger partial charge in [-0.05, 0) is 24.3 Å². The third kappa shape index (κ3) is 2.54. The van der Waals surface area contributed by atoms with E-state index in [4.69, 9.17) is 15.3 Å². The molecule has 96 valence electrons. The van der Waals surface area contributed by atoms with Crippen molar-refractivity contribution < 1.29 is 14.4 Å². The average molecular weight is 268 g/mol. The number of fused-ring (bicyclic) bond motifs is 1. The number of nitrogens with zero attached hydrogens (tertiary/aromatic N) is 3. The molecule has 0 bridgehead atoms. The van der Waals surface area contributed by atoms with Crippen LogP contribution in [-0.4, -0.2) is 33.1 Å². The molecule has 2 rings (SSSR count). The fraction of sp³-hybridized carbons (Fsp3) is 0.300. The molecule has 2 N–H and O–H groups in total. The Kier molecular flexibility index (Phi) is 3.68. The van der Waals surface area contributed by atoms with Crippen LogP contribution in [0.4, 0.5) is 0 Å². The first-order valence-corrected chi connectivity index (χ1v) is 5.77. The van der Waals surface area contributed by atoms with Crippen LogP contribution in [0.5, 0.6) is 5.75 Å². The highest BCUT2D eigenvalue weighted by atomic mass is 32.1. The summed E-state index contributed by atoms with van der Waals surface area (Å²) in [7, 11) is 0. The third-order valence-corrected chi connectivity index (χ3v) is 2.33. The standard InChI is InChI=1S/C10H12N4O3S/c1-2-16-6-3-4-8-7(5-6)12-13-14(8)17-10(15)9(11)18/h3-5,9,18H,2,11H2,1H3. The minimum absolute atomic E-state index is 0.542. The van der Waals surface area contributed by atoms with Gasteiger partial charge in [0.05, 0.1) is 6.61 Å². The molecule has 1 unspecified atom stereocenters. The first kappa shape index (κ1) is 12.7. The first-order valence-electron chi connectivity index (χ1n) is 5.26. The average Bonchev–Trinajstić information content (AvgIpc) is 2.72. The fourth-order valence-electron chi connectivity index (χ4n) is 1.35. The van der Waals surface area contributed by atoms with Crippen LogP contribution in [-0.2, 0) is 4.79 Å². The van der Waals surface area contributed by atoms with Crippen LogP contribution in [0.15, 0.2) is 18.2 Å². The maximum Gasteiger partial charge on any atom is 0.361 e. The molecule has 2 aromatic rings. The number of benzene rings is 1. The molecule has 0 fully saturated rings. The zero-order chi connectivity index (χ0) is 13.1. The van der Waals surface area contributed by atoms with Gasteiger partial charge in [0.1, 0.15) is 22.2 Å². The van der Waals surface area contributed by atoms with E-state index in [0.29, 0.717) is 23.4 Å². The fourth-order valence-corrected chi connectivity index (χ4v) is 1.39. The van der Waals surface area contributed by atoms with E-state index in [-0.39, 0.29) is 0 Å². The van der Waals surface area contributed by atoms with Crippen molar-refractivity contribution in [3.63, 3.8) is 0 Å². The predicted molar refractivity (Wildman–Crippen MR) is 67.2 cm³/mol. The second kappa shape index (κ2) is 5.23. The van der Waals surface area contributed by atoms with Gasteiger partial charge in [-0.1, -0.05) is 4.85 Å². The highest BCUT2D eigenvalue weighted by molar-refractivity contribution is 7.81. The SMILES string of the molecule is CCOc1ccc2c(c1)nnn2OC(=O)C(N)S. The Balaban J connectivity index is 2.28. The summed E-state index contributed by atoms with van der Waals surface area (Å²) >= 11 is 3.76. The number of carbonyl (C=O) groups is 1. The lowest BCUT2D eigenvalue weighted by Gasteiger charge is -2.05. The largest absolute Gasteiger partial charge is 0.494 e. The van der Waals surface area contributed by atoms with Gasteiger partial charge >= 0.3 is 5.97 Å². The Bertz CT molecular complexity index is 569. The molecule has 1 aromatic heterocycles. The van der Waals surface area contributed by atoms with Gasteiger partial charge in [-0.2, -0.15) is 0 Å². The van der Waals surface area contributed by atoms with Gasteiger partial charge in [0.15, 0.2) is 0 Å². The number of hydrogen-bond donors (Lipinski definition) is 2. The minimum atomic E-state index is -1.02. The normalized spacial score (nSPS) is 12.4. The van der Waals surface area contributed by atoms with Crippen LogP contribution >= 0.6 is 12.6 Å². The Hall–Kier alpha value is -1.80. The first-order chi connectivity index (χ1) is 8.61. The number of thiol groups is 1. The Labute approximate surface area is 108 Å². The van der Waals surface area contributed by atoms with E-state index in [2.05, 4.69) is 22.9 Å². The Morgan fingerprint density at radius 1 is 1.61 bits per heavy atom. The highest BCUT2D eigenvalue weighted by Crippen LogP contribution is 2.18. The molecule has 0 aliphatic heterocycles. The van der Waals surface area contributed by atoms with E-state index in [9.17, 15) is 4.79 Å². The Morgan fingerprint density at radius 3 is 3.06 bits per heavy atom. The van der Waals surface area contributed by atoms with Gasteiger partial charge in [0.2, 0.25) is 0 Å². The molecule has 0 saturated heterocycles. The summed E-state index contributed by atoms with van der Waals surface area (Å²) in [5, 5.41) is 6.54. The molecular formula is C10H12N4O3S. The Morgan fingerprint density at radius 2 is 2.39 bits per heavy atom. The molecule has 8 heteroatoms. The molecule has 7 nitrogen and oxygen atoms in total. The van der Waals surface area contributed by atoms with Crippen molar-refractivity contribution >= 4 is 29.6 Å².